The largest absolute Gasteiger partial charge is 0.493 e. The van der Waals surface area contributed by atoms with Gasteiger partial charge in [-0.15, -0.1) is 0 Å². The van der Waals surface area contributed by atoms with Gasteiger partial charge < -0.3 is 10.5 Å². The molecule has 0 amide bonds. The van der Waals surface area contributed by atoms with E-state index in [-0.39, 0.29) is 6.04 Å². The maximum Gasteiger partial charge on any atom is 0.127 e. The first-order valence-corrected chi connectivity index (χ1v) is 5.18. The van der Waals surface area contributed by atoms with Crippen molar-refractivity contribution in [3.8, 4) is 5.75 Å². The van der Waals surface area contributed by atoms with Crippen LogP contribution in [0.25, 0.3) is 0 Å². The van der Waals surface area contributed by atoms with E-state index in [1.807, 2.05) is 0 Å². The molecule has 2 nitrogen and oxygen atoms in total. The van der Waals surface area contributed by atoms with E-state index in [1.165, 1.54) is 16.7 Å². The van der Waals surface area contributed by atoms with Crippen LogP contribution in [-0.4, -0.2) is 6.61 Å². The van der Waals surface area contributed by atoms with Crippen molar-refractivity contribution in [1.82, 2.24) is 0 Å². The maximum absolute atomic E-state index is 6.09. The van der Waals surface area contributed by atoms with E-state index in [4.69, 9.17) is 10.5 Å². The number of ether oxygens (including phenoxy) is 1. The van der Waals surface area contributed by atoms with Crippen LogP contribution in [0.4, 0.5) is 0 Å². The molecule has 0 spiro atoms. The molecule has 0 saturated heterocycles. The highest BCUT2D eigenvalue weighted by Gasteiger charge is 2.18. The van der Waals surface area contributed by atoms with E-state index in [1.54, 1.807) is 0 Å². The van der Waals surface area contributed by atoms with Gasteiger partial charge in [0.05, 0.1) is 6.61 Å². The molecule has 2 rings (SSSR count). The third kappa shape index (κ3) is 1.50. The minimum atomic E-state index is 0.145. The van der Waals surface area contributed by atoms with Crippen molar-refractivity contribution in [2.24, 2.45) is 5.73 Å². The van der Waals surface area contributed by atoms with Crippen molar-refractivity contribution >= 4 is 0 Å². The first-order chi connectivity index (χ1) is 6.70. The molecule has 0 aliphatic carbocycles. The predicted molar refractivity (Wildman–Crippen MR) is 57.6 cm³/mol. The van der Waals surface area contributed by atoms with Crippen molar-refractivity contribution in [2.45, 2.75) is 32.7 Å². The van der Waals surface area contributed by atoms with E-state index in [0.717, 1.165) is 25.2 Å². The molecule has 1 heterocycles. The third-order valence-corrected chi connectivity index (χ3v) is 3.01. The van der Waals surface area contributed by atoms with E-state index in [2.05, 4.69) is 26.0 Å². The molecule has 0 unspecified atom stereocenters. The fourth-order valence-corrected chi connectivity index (χ4v) is 1.93. The zero-order valence-electron chi connectivity index (χ0n) is 8.84. The summed E-state index contributed by atoms with van der Waals surface area (Å²) >= 11 is 0. The SMILES string of the molecule is Cc1ccc2c(c1C)OCCC[C@@H]2N. The van der Waals surface area contributed by atoms with Crippen LogP contribution >= 0.6 is 0 Å². The summed E-state index contributed by atoms with van der Waals surface area (Å²) in [4.78, 5) is 0. The molecule has 1 aliphatic heterocycles. The second-order valence-electron chi connectivity index (χ2n) is 4.02. The Morgan fingerprint density at radius 1 is 1.36 bits per heavy atom. The molecular formula is C12H17NO. The predicted octanol–water partition coefficient (Wildman–Crippen LogP) is 2.48. The van der Waals surface area contributed by atoms with E-state index >= 15 is 0 Å². The summed E-state index contributed by atoms with van der Waals surface area (Å²) in [6.07, 6.45) is 2.07. The number of fused-ring (bicyclic) bond motifs is 1. The van der Waals surface area contributed by atoms with Crippen LogP contribution in [0.5, 0.6) is 5.75 Å². The minimum Gasteiger partial charge on any atom is -0.493 e. The molecule has 14 heavy (non-hydrogen) atoms. The molecule has 0 fully saturated rings. The van der Waals surface area contributed by atoms with Crippen molar-refractivity contribution in [3.63, 3.8) is 0 Å². The molecule has 1 aromatic carbocycles. The van der Waals surface area contributed by atoms with Gasteiger partial charge in [0.25, 0.3) is 0 Å². The Morgan fingerprint density at radius 3 is 2.93 bits per heavy atom. The van der Waals surface area contributed by atoms with Gasteiger partial charge in [-0.1, -0.05) is 12.1 Å². The fraction of sp³-hybridized carbons (Fsp3) is 0.500. The molecule has 0 radical (unpaired) electrons. The Balaban J connectivity index is 2.53. The van der Waals surface area contributed by atoms with Gasteiger partial charge in [-0.05, 0) is 37.8 Å². The number of hydrogen-bond acceptors (Lipinski definition) is 2. The average molecular weight is 191 g/mol. The molecule has 1 aromatic rings. The van der Waals surface area contributed by atoms with Crippen LogP contribution in [0, 0.1) is 13.8 Å². The topological polar surface area (TPSA) is 35.2 Å². The Hall–Kier alpha value is -1.02. The third-order valence-electron chi connectivity index (χ3n) is 3.01. The molecule has 1 aliphatic rings. The van der Waals surface area contributed by atoms with E-state index < -0.39 is 0 Å². The summed E-state index contributed by atoms with van der Waals surface area (Å²) < 4.78 is 5.75. The quantitative estimate of drug-likeness (QED) is 0.683. The number of aryl methyl sites for hydroxylation is 1. The first kappa shape index (κ1) is 9.53. The zero-order valence-corrected chi connectivity index (χ0v) is 8.84. The Labute approximate surface area is 85.1 Å². The van der Waals surface area contributed by atoms with Crippen LogP contribution in [0.15, 0.2) is 12.1 Å². The first-order valence-electron chi connectivity index (χ1n) is 5.18. The maximum atomic E-state index is 6.09. The van der Waals surface area contributed by atoms with Crippen LogP contribution in [-0.2, 0) is 0 Å². The summed E-state index contributed by atoms with van der Waals surface area (Å²) in [5, 5.41) is 0. The normalized spacial score (nSPS) is 20.9. The summed E-state index contributed by atoms with van der Waals surface area (Å²) in [6, 6.07) is 4.38. The van der Waals surface area contributed by atoms with E-state index in [9.17, 15) is 0 Å². The summed E-state index contributed by atoms with van der Waals surface area (Å²) in [6.45, 7) is 5.01. The van der Waals surface area contributed by atoms with Gasteiger partial charge in [0, 0.05) is 11.6 Å². The number of rotatable bonds is 0. The van der Waals surface area contributed by atoms with Gasteiger partial charge in [-0.3, -0.25) is 0 Å². The number of benzene rings is 1. The van der Waals surface area contributed by atoms with Crippen molar-refractivity contribution in [2.75, 3.05) is 6.61 Å². The van der Waals surface area contributed by atoms with Gasteiger partial charge in [0.15, 0.2) is 0 Å². The minimum absolute atomic E-state index is 0.145. The fourth-order valence-electron chi connectivity index (χ4n) is 1.93. The van der Waals surface area contributed by atoms with Gasteiger partial charge >= 0.3 is 0 Å². The highest BCUT2D eigenvalue weighted by Crippen LogP contribution is 2.34. The zero-order chi connectivity index (χ0) is 10.1. The van der Waals surface area contributed by atoms with Crippen LogP contribution in [0.2, 0.25) is 0 Å². The van der Waals surface area contributed by atoms with Crippen molar-refractivity contribution in [1.29, 1.82) is 0 Å². The van der Waals surface area contributed by atoms with E-state index in [0.29, 0.717) is 0 Å². The molecule has 0 aromatic heterocycles. The standard InChI is InChI=1S/C12H17NO/c1-8-5-6-10-11(13)4-3-7-14-12(10)9(8)2/h5-6,11H,3-4,7,13H2,1-2H3/t11-/m0/s1. The van der Waals surface area contributed by atoms with Gasteiger partial charge in [0.2, 0.25) is 0 Å². The van der Waals surface area contributed by atoms with Crippen LogP contribution in [0.1, 0.15) is 35.6 Å². The molecular weight excluding hydrogens is 174 g/mol. The smallest absolute Gasteiger partial charge is 0.127 e. The van der Waals surface area contributed by atoms with Gasteiger partial charge in [0.1, 0.15) is 5.75 Å². The summed E-state index contributed by atoms with van der Waals surface area (Å²) in [5.74, 6) is 1.02. The lowest BCUT2D eigenvalue weighted by Gasteiger charge is -2.15. The van der Waals surface area contributed by atoms with Gasteiger partial charge in [-0.2, -0.15) is 0 Å². The lowest BCUT2D eigenvalue weighted by Crippen LogP contribution is -2.09. The lowest BCUT2D eigenvalue weighted by atomic mass is 9.98. The Kier molecular flexibility index (Phi) is 2.46. The molecule has 1 atom stereocenters. The van der Waals surface area contributed by atoms with Gasteiger partial charge in [-0.25, -0.2) is 0 Å². The number of hydrogen-bond donors (Lipinski definition) is 1. The second kappa shape index (κ2) is 3.62. The average Bonchev–Trinajstić information content (AvgIpc) is 2.35. The molecule has 2 heteroatoms. The molecule has 0 saturated carbocycles. The molecule has 2 N–H and O–H groups in total. The monoisotopic (exact) mass is 191 g/mol. The summed E-state index contributed by atoms with van der Waals surface area (Å²) in [5.41, 5.74) is 9.77. The Bertz CT molecular complexity index is 346. The Morgan fingerprint density at radius 2 is 2.14 bits per heavy atom. The highest BCUT2D eigenvalue weighted by molar-refractivity contribution is 5.47. The number of nitrogens with two attached hydrogens (primary N) is 1. The van der Waals surface area contributed by atoms with Crippen molar-refractivity contribution in [3.05, 3.63) is 28.8 Å². The molecule has 76 valence electrons. The van der Waals surface area contributed by atoms with Crippen LogP contribution < -0.4 is 10.5 Å². The van der Waals surface area contributed by atoms with Crippen LogP contribution in [0.3, 0.4) is 0 Å². The molecule has 0 bridgehead atoms. The summed E-state index contributed by atoms with van der Waals surface area (Å²) in [7, 11) is 0. The highest BCUT2D eigenvalue weighted by atomic mass is 16.5. The van der Waals surface area contributed by atoms with Crippen molar-refractivity contribution < 1.29 is 4.74 Å². The second-order valence-corrected chi connectivity index (χ2v) is 4.02. The lowest BCUT2D eigenvalue weighted by molar-refractivity contribution is 0.314.